The van der Waals surface area contributed by atoms with Crippen molar-refractivity contribution in [3.63, 3.8) is 0 Å². The highest BCUT2D eigenvalue weighted by Crippen LogP contribution is 2.15. The van der Waals surface area contributed by atoms with E-state index in [1.54, 1.807) is 19.1 Å². The quantitative estimate of drug-likeness (QED) is 0.791. The zero-order valence-electron chi connectivity index (χ0n) is 10.6. The number of aliphatic hydroxyl groups excluding tert-OH is 1. The van der Waals surface area contributed by atoms with Gasteiger partial charge < -0.3 is 14.9 Å². The summed E-state index contributed by atoms with van der Waals surface area (Å²) in [6, 6.07) is 7.16. The van der Waals surface area contributed by atoms with Crippen molar-refractivity contribution in [1.29, 1.82) is 0 Å². The molecule has 102 valence electrons. The normalized spacial score (nSPS) is 12.6. The molecule has 2 aromatic rings. The molecule has 0 amide bonds. The van der Waals surface area contributed by atoms with Crippen molar-refractivity contribution in [2.24, 2.45) is 0 Å². The summed E-state index contributed by atoms with van der Waals surface area (Å²) < 4.78 is 4.99. The second kappa shape index (κ2) is 6.65. The minimum atomic E-state index is -0.554. The summed E-state index contributed by atoms with van der Waals surface area (Å²) in [5, 5.41) is 17.5. The van der Waals surface area contributed by atoms with E-state index in [9.17, 15) is 5.11 Å². The number of hydrogen-bond donors (Lipinski definition) is 2. The zero-order valence-corrected chi connectivity index (χ0v) is 11.4. The van der Waals surface area contributed by atoms with E-state index in [0.717, 1.165) is 5.56 Å². The zero-order chi connectivity index (χ0) is 13.7. The number of hydrogen-bond acceptors (Lipinski definition) is 5. The van der Waals surface area contributed by atoms with Crippen LogP contribution in [0.15, 0.2) is 28.8 Å². The van der Waals surface area contributed by atoms with E-state index >= 15 is 0 Å². The van der Waals surface area contributed by atoms with Crippen molar-refractivity contribution < 1.29 is 9.63 Å². The molecule has 19 heavy (non-hydrogen) atoms. The van der Waals surface area contributed by atoms with E-state index in [0.29, 0.717) is 36.2 Å². The molecule has 1 aromatic carbocycles. The van der Waals surface area contributed by atoms with Gasteiger partial charge in [0.2, 0.25) is 5.89 Å². The second-order valence-corrected chi connectivity index (χ2v) is 4.69. The van der Waals surface area contributed by atoms with E-state index < -0.39 is 6.10 Å². The van der Waals surface area contributed by atoms with E-state index in [2.05, 4.69) is 15.5 Å². The summed E-state index contributed by atoms with van der Waals surface area (Å²) in [7, 11) is 0. The number of aliphatic hydroxyl groups is 1. The summed E-state index contributed by atoms with van der Waals surface area (Å²) >= 11 is 5.79. The Kier molecular flexibility index (Phi) is 4.90. The molecule has 2 rings (SSSR count). The van der Waals surface area contributed by atoms with E-state index in [4.69, 9.17) is 16.1 Å². The first-order valence-corrected chi connectivity index (χ1v) is 6.46. The first-order chi connectivity index (χ1) is 9.15. The van der Waals surface area contributed by atoms with Crippen molar-refractivity contribution in [3.8, 4) is 0 Å². The third-order valence-electron chi connectivity index (χ3n) is 2.68. The van der Waals surface area contributed by atoms with Crippen molar-refractivity contribution in [1.82, 2.24) is 15.5 Å². The average molecular weight is 282 g/mol. The molecule has 0 saturated heterocycles. The van der Waals surface area contributed by atoms with Gasteiger partial charge in [0, 0.05) is 24.5 Å². The van der Waals surface area contributed by atoms with Crippen molar-refractivity contribution >= 4 is 11.6 Å². The molecule has 6 heteroatoms. The lowest BCUT2D eigenvalue weighted by atomic mass is 10.1. The molecule has 2 N–H and O–H groups in total. The Morgan fingerprint density at radius 1 is 1.37 bits per heavy atom. The number of benzene rings is 1. The highest BCUT2D eigenvalue weighted by Gasteiger charge is 2.07. The lowest BCUT2D eigenvalue weighted by Crippen LogP contribution is -2.23. The molecular weight excluding hydrogens is 266 g/mol. The fraction of sp³-hybridized carbons (Fsp3) is 0.385. The Bertz CT molecular complexity index is 513. The van der Waals surface area contributed by atoms with Gasteiger partial charge in [0.1, 0.15) is 0 Å². The molecule has 0 spiro atoms. The van der Waals surface area contributed by atoms with E-state index in [1.807, 2.05) is 12.1 Å². The van der Waals surface area contributed by atoms with Crippen LogP contribution in [-0.2, 0) is 6.42 Å². The van der Waals surface area contributed by atoms with Gasteiger partial charge in [-0.1, -0.05) is 28.9 Å². The third kappa shape index (κ3) is 4.31. The molecule has 0 fully saturated rings. The molecule has 1 heterocycles. The SMILES string of the molecule is Cc1noc(CCNCC(O)c2ccc(Cl)cc2)n1. The van der Waals surface area contributed by atoms with Gasteiger partial charge in [-0.15, -0.1) is 0 Å². The smallest absolute Gasteiger partial charge is 0.227 e. The molecule has 0 aliphatic rings. The maximum absolute atomic E-state index is 9.96. The van der Waals surface area contributed by atoms with Gasteiger partial charge in [-0.3, -0.25) is 0 Å². The standard InChI is InChI=1S/C13H16ClN3O2/c1-9-16-13(19-17-9)6-7-15-8-12(18)10-2-4-11(14)5-3-10/h2-5,12,15,18H,6-8H2,1H3. The molecular formula is C13H16ClN3O2. The lowest BCUT2D eigenvalue weighted by Gasteiger charge is -2.11. The number of nitrogens with one attached hydrogen (secondary N) is 1. The van der Waals surface area contributed by atoms with Crippen LogP contribution < -0.4 is 5.32 Å². The van der Waals surface area contributed by atoms with Crippen molar-refractivity contribution in [2.45, 2.75) is 19.4 Å². The van der Waals surface area contributed by atoms with E-state index in [1.165, 1.54) is 0 Å². The van der Waals surface area contributed by atoms with Gasteiger partial charge in [0.05, 0.1) is 6.10 Å². The molecule has 0 radical (unpaired) electrons. The van der Waals surface area contributed by atoms with Crippen molar-refractivity contribution in [3.05, 3.63) is 46.6 Å². The fourth-order valence-electron chi connectivity index (χ4n) is 1.68. The maximum atomic E-state index is 9.96. The number of halogens is 1. The Morgan fingerprint density at radius 2 is 2.11 bits per heavy atom. The van der Waals surface area contributed by atoms with Gasteiger partial charge in [0.15, 0.2) is 5.82 Å². The minimum absolute atomic E-state index is 0.467. The van der Waals surface area contributed by atoms with E-state index in [-0.39, 0.29) is 0 Å². The van der Waals surface area contributed by atoms with Crippen LogP contribution in [0.4, 0.5) is 0 Å². The van der Waals surface area contributed by atoms with Crippen LogP contribution in [0.25, 0.3) is 0 Å². The Morgan fingerprint density at radius 3 is 2.74 bits per heavy atom. The van der Waals surface area contributed by atoms with Gasteiger partial charge in [-0.05, 0) is 24.6 Å². The van der Waals surface area contributed by atoms with Crippen LogP contribution in [0.2, 0.25) is 5.02 Å². The largest absolute Gasteiger partial charge is 0.387 e. The monoisotopic (exact) mass is 281 g/mol. The summed E-state index contributed by atoms with van der Waals surface area (Å²) in [4.78, 5) is 4.10. The molecule has 0 bridgehead atoms. The summed E-state index contributed by atoms with van der Waals surface area (Å²) in [6.07, 6.45) is 0.0930. The molecule has 1 aromatic heterocycles. The van der Waals surface area contributed by atoms with Crippen LogP contribution >= 0.6 is 11.6 Å². The highest BCUT2D eigenvalue weighted by atomic mass is 35.5. The number of aromatic nitrogens is 2. The Labute approximate surface area is 116 Å². The van der Waals surface area contributed by atoms with Crippen molar-refractivity contribution in [2.75, 3.05) is 13.1 Å². The second-order valence-electron chi connectivity index (χ2n) is 4.26. The fourth-order valence-corrected chi connectivity index (χ4v) is 1.80. The van der Waals surface area contributed by atoms with Crippen LogP contribution in [0, 0.1) is 6.92 Å². The van der Waals surface area contributed by atoms with Gasteiger partial charge >= 0.3 is 0 Å². The lowest BCUT2D eigenvalue weighted by molar-refractivity contribution is 0.174. The highest BCUT2D eigenvalue weighted by molar-refractivity contribution is 6.30. The maximum Gasteiger partial charge on any atom is 0.227 e. The summed E-state index contributed by atoms with van der Waals surface area (Å²) in [5.41, 5.74) is 0.838. The van der Waals surface area contributed by atoms with Crippen LogP contribution in [0.5, 0.6) is 0 Å². The Balaban J connectivity index is 1.72. The molecule has 0 aliphatic carbocycles. The van der Waals surface area contributed by atoms with Crippen LogP contribution in [-0.4, -0.2) is 28.3 Å². The van der Waals surface area contributed by atoms with Gasteiger partial charge in [-0.2, -0.15) is 4.98 Å². The molecule has 0 aliphatic heterocycles. The predicted octanol–water partition coefficient (Wildman–Crippen LogP) is 1.90. The number of aryl methyl sites for hydroxylation is 1. The average Bonchev–Trinajstić information content (AvgIpc) is 2.81. The Hall–Kier alpha value is -1.43. The first kappa shape index (κ1) is 14.0. The molecule has 5 nitrogen and oxygen atoms in total. The first-order valence-electron chi connectivity index (χ1n) is 6.08. The summed E-state index contributed by atoms with van der Waals surface area (Å²) in [6.45, 7) is 2.92. The third-order valence-corrected chi connectivity index (χ3v) is 2.93. The molecule has 0 saturated carbocycles. The van der Waals surface area contributed by atoms with Gasteiger partial charge in [0.25, 0.3) is 0 Å². The van der Waals surface area contributed by atoms with Gasteiger partial charge in [-0.25, -0.2) is 0 Å². The van der Waals surface area contributed by atoms with Crippen LogP contribution in [0.3, 0.4) is 0 Å². The predicted molar refractivity (Wildman–Crippen MR) is 72.0 cm³/mol. The topological polar surface area (TPSA) is 71.2 Å². The minimum Gasteiger partial charge on any atom is -0.387 e. The molecule has 1 unspecified atom stereocenters. The van der Waals surface area contributed by atoms with Crippen LogP contribution in [0.1, 0.15) is 23.4 Å². The number of rotatable bonds is 6. The summed E-state index contributed by atoms with van der Waals surface area (Å²) in [5.74, 6) is 1.24. The molecule has 1 atom stereocenters. The number of nitrogens with zero attached hydrogens (tertiary/aromatic N) is 2.